The van der Waals surface area contributed by atoms with Crippen molar-refractivity contribution in [2.45, 2.75) is 0 Å². The van der Waals surface area contributed by atoms with Gasteiger partial charge in [0, 0.05) is 17.3 Å². The van der Waals surface area contributed by atoms with Crippen molar-refractivity contribution >= 4 is 29.5 Å². The van der Waals surface area contributed by atoms with Gasteiger partial charge in [-0.3, -0.25) is 9.59 Å². The standard InChI is InChI=1S/C16H12N2O3/c19-9-13(6-11-4-2-1-3-5-11)12-7-14-16(17-8-12)21-10-15(20)18-14/h1-9H,10H2,(H,18,20)/b13-6+. The molecular formula is C16H12N2O3. The minimum Gasteiger partial charge on any atom is -0.466 e. The number of hydrogen-bond donors (Lipinski definition) is 1. The summed E-state index contributed by atoms with van der Waals surface area (Å²) in [6.07, 6.45) is 4.09. The van der Waals surface area contributed by atoms with E-state index < -0.39 is 0 Å². The van der Waals surface area contributed by atoms with E-state index in [4.69, 9.17) is 4.74 Å². The monoisotopic (exact) mass is 280 g/mol. The third kappa shape index (κ3) is 2.81. The average molecular weight is 280 g/mol. The maximum absolute atomic E-state index is 11.3. The van der Waals surface area contributed by atoms with E-state index in [1.807, 2.05) is 30.3 Å². The summed E-state index contributed by atoms with van der Waals surface area (Å²) in [6, 6.07) is 11.2. The fourth-order valence-corrected chi connectivity index (χ4v) is 2.05. The second kappa shape index (κ2) is 5.58. The van der Waals surface area contributed by atoms with E-state index in [9.17, 15) is 9.59 Å². The van der Waals surface area contributed by atoms with Gasteiger partial charge in [-0.15, -0.1) is 0 Å². The van der Waals surface area contributed by atoms with Crippen molar-refractivity contribution < 1.29 is 14.3 Å². The number of fused-ring (bicyclic) bond motifs is 1. The number of nitrogens with one attached hydrogen (secondary N) is 1. The van der Waals surface area contributed by atoms with Crippen molar-refractivity contribution in [2.24, 2.45) is 0 Å². The van der Waals surface area contributed by atoms with E-state index in [0.29, 0.717) is 22.7 Å². The number of aromatic nitrogens is 1. The number of anilines is 1. The maximum atomic E-state index is 11.3. The number of carbonyl (C=O) groups is 2. The Morgan fingerprint density at radius 1 is 1.29 bits per heavy atom. The molecule has 1 N–H and O–H groups in total. The number of ether oxygens (including phenoxy) is 1. The fourth-order valence-electron chi connectivity index (χ4n) is 2.05. The molecule has 2 aromatic rings. The molecule has 0 aliphatic carbocycles. The molecule has 0 unspecified atom stereocenters. The molecule has 3 rings (SSSR count). The van der Waals surface area contributed by atoms with Crippen LogP contribution in [0.5, 0.6) is 5.88 Å². The Kier molecular flexibility index (Phi) is 3.47. The summed E-state index contributed by atoms with van der Waals surface area (Å²) in [5, 5.41) is 2.67. The normalized spacial score (nSPS) is 13.9. The van der Waals surface area contributed by atoms with Gasteiger partial charge in [-0.25, -0.2) is 4.98 Å². The van der Waals surface area contributed by atoms with Crippen molar-refractivity contribution in [1.82, 2.24) is 4.98 Å². The van der Waals surface area contributed by atoms with E-state index in [1.54, 1.807) is 18.3 Å². The lowest BCUT2D eigenvalue weighted by atomic mass is 10.1. The second-order valence-electron chi connectivity index (χ2n) is 4.54. The van der Waals surface area contributed by atoms with Crippen LogP contribution in [0.3, 0.4) is 0 Å². The first-order valence-electron chi connectivity index (χ1n) is 6.41. The average Bonchev–Trinajstić information content (AvgIpc) is 2.53. The highest BCUT2D eigenvalue weighted by Gasteiger charge is 2.18. The molecular weight excluding hydrogens is 268 g/mol. The molecule has 0 fully saturated rings. The molecule has 0 radical (unpaired) electrons. The Hall–Kier alpha value is -2.95. The van der Waals surface area contributed by atoms with Crippen LogP contribution < -0.4 is 10.1 Å². The Balaban J connectivity index is 1.98. The number of aldehydes is 1. The molecule has 0 saturated heterocycles. The summed E-state index contributed by atoms with van der Waals surface area (Å²) in [4.78, 5) is 26.8. The topological polar surface area (TPSA) is 68.3 Å². The number of allylic oxidation sites excluding steroid dienone is 1. The number of carbonyl (C=O) groups excluding carboxylic acids is 2. The van der Waals surface area contributed by atoms with Gasteiger partial charge < -0.3 is 10.1 Å². The zero-order valence-electron chi connectivity index (χ0n) is 11.1. The van der Waals surface area contributed by atoms with Crippen LogP contribution in [-0.2, 0) is 9.59 Å². The molecule has 1 amide bonds. The quantitative estimate of drug-likeness (QED) is 0.691. The molecule has 0 atom stereocenters. The second-order valence-corrected chi connectivity index (χ2v) is 4.54. The third-order valence-corrected chi connectivity index (χ3v) is 3.05. The van der Waals surface area contributed by atoms with Gasteiger partial charge in [0.15, 0.2) is 12.9 Å². The Morgan fingerprint density at radius 2 is 2.10 bits per heavy atom. The van der Waals surface area contributed by atoms with Gasteiger partial charge in [-0.1, -0.05) is 30.3 Å². The summed E-state index contributed by atoms with van der Waals surface area (Å²) in [5.41, 5.74) is 2.50. The summed E-state index contributed by atoms with van der Waals surface area (Å²) in [7, 11) is 0. The first-order chi connectivity index (χ1) is 10.3. The molecule has 5 heteroatoms. The van der Waals surface area contributed by atoms with E-state index in [0.717, 1.165) is 11.8 Å². The number of pyridine rings is 1. The zero-order valence-corrected chi connectivity index (χ0v) is 11.1. The largest absolute Gasteiger partial charge is 0.466 e. The number of amides is 1. The van der Waals surface area contributed by atoms with Crippen LogP contribution in [0.25, 0.3) is 11.6 Å². The van der Waals surface area contributed by atoms with Crippen LogP contribution in [0.2, 0.25) is 0 Å². The molecule has 1 aliphatic rings. The van der Waals surface area contributed by atoms with Crippen molar-refractivity contribution in [1.29, 1.82) is 0 Å². The van der Waals surface area contributed by atoms with Crippen LogP contribution in [-0.4, -0.2) is 23.8 Å². The lowest BCUT2D eigenvalue weighted by molar-refractivity contribution is -0.118. The number of hydrogen-bond acceptors (Lipinski definition) is 4. The predicted molar refractivity (Wildman–Crippen MR) is 78.7 cm³/mol. The number of benzene rings is 1. The van der Waals surface area contributed by atoms with Crippen molar-refractivity contribution in [3.8, 4) is 5.88 Å². The lowest BCUT2D eigenvalue weighted by Crippen LogP contribution is -2.26. The van der Waals surface area contributed by atoms with E-state index in [-0.39, 0.29) is 12.5 Å². The summed E-state index contributed by atoms with van der Waals surface area (Å²) >= 11 is 0. The van der Waals surface area contributed by atoms with Gasteiger partial charge in [0.1, 0.15) is 5.69 Å². The molecule has 1 aromatic heterocycles. The van der Waals surface area contributed by atoms with Crippen molar-refractivity contribution in [2.75, 3.05) is 11.9 Å². The third-order valence-electron chi connectivity index (χ3n) is 3.05. The summed E-state index contributed by atoms with van der Waals surface area (Å²) < 4.78 is 5.19. The van der Waals surface area contributed by atoms with Crippen molar-refractivity contribution in [3.05, 3.63) is 53.7 Å². The van der Waals surface area contributed by atoms with Crippen LogP contribution >= 0.6 is 0 Å². The van der Waals surface area contributed by atoms with Crippen LogP contribution in [0, 0.1) is 0 Å². The first kappa shape index (κ1) is 13.1. The van der Waals surface area contributed by atoms with Crippen LogP contribution in [0.4, 0.5) is 5.69 Å². The Labute approximate surface area is 121 Å². The molecule has 0 bridgehead atoms. The van der Waals surface area contributed by atoms with Gasteiger partial charge in [0.2, 0.25) is 5.88 Å². The number of nitrogens with zero attached hydrogens (tertiary/aromatic N) is 1. The van der Waals surface area contributed by atoms with Gasteiger partial charge in [-0.2, -0.15) is 0 Å². The highest BCUT2D eigenvalue weighted by Crippen LogP contribution is 2.28. The molecule has 0 spiro atoms. The molecule has 2 heterocycles. The predicted octanol–water partition coefficient (Wildman–Crippen LogP) is 2.15. The highest BCUT2D eigenvalue weighted by atomic mass is 16.5. The van der Waals surface area contributed by atoms with Crippen molar-refractivity contribution in [3.63, 3.8) is 0 Å². The van der Waals surface area contributed by atoms with E-state index >= 15 is 0 Å². The summed E-state index contributed by atoms with van der Waals surface area (Å²) in [6.45, 7) is -0.0419. The molecule has 21 heavy (non-hydrogen) atoms. The SMILES string of the molecule is O=C/C(=C\c1ccccc1)c1cnc2c(c1)NC(=O)CO2. The molecule has 1 aliphatic heterocycles. The van der Waals surface area contributed by atoms with Gasteiger partial charge >= 0.3 is 0 Å². The minimum atomic E-state index is -0.235. The lowest BCUT2D eigenvalue weighted by Gasteiger charge is -2.17. The van der Waals surface area contributed by atoms with Gasteiger partial charge in [0.05, 0.1) is 0 Å². The minimum absolute atomic E-state index is 0.0419. The van der Waals surface area contributed by atoms with Crippen LogP contribution in [0.1, 0.15) is 11.1 Å². The fraction of sp³-hybridized carbons (Fsp3) is 0.0625. The van der Waals surface area contributed by atoms with Crippen LogP contribution in [0.15, 0.2) is 42.6 Å². The molecule has 5 nitrogen and oxygen atoms in total. The molecule has 1 aromatic carbocycles. The highest BCUT2D eigenvalue weighted by molar-refractivity contribution is 6.13. The van der Waals surface area contributed by atoms with Gasteiger partial charge in [0.25, 0.3) is 5.91 Å². The Morgan fingerprint density at radius 3 is 2.86 bits per heavy atom. The maximum Gasteiger partial charge on any atom is 0.262 e. The Bertz CT molecular complexity index is 724. The smallest absolute Gasteiger partial charge is 0.262 e. The zero-order chi connectivity index (χ0) is 14.7. The van der Waals surface area contributed by atoms with Gasteiger partial charge in [-0.05, 0) is 17.7 Å². The molecule has 104 valence electrons. The number of rotatable bonds is 3. The molecule has 0 saturated carbocycles. The van der Waals surface area contributed by atoms with E-state index in [2.05, 4.69) is 10.3 Å². The van der Waals surface area contributed by atoms with E-state index in [1.165, 1.54) is 0 Å². The summed E-state index contributed by atoms with van der Waals surface area (Å²) in [5.74, 6) is 0.129. The first-order valence-corrected chi connectivity index (χ1v) is 6.41.